The zero-order chi connectivity index (χ0) is 18.2. The summed E-state index contributed by atoms with van der Waals surface area (Å²) in [6.45, 7) is 1.29. The molecule has 1 amide bonds. The number of aromatic nitrogens is 5. The van der Waals surface area contributed by atoms with Gasteiger partial charge in [-0.25, -0.2) is 9.50 Å². The van der Waals surface area contributed by atoms with Crippen molar-refractivity contribution >= 4 is 22.9 Å². The maximum absolute atomic E-state index is 12.4. The van der Waals surface area contributed by atoms with Crippen LogP contribution in [0.15, 0.2) is 42.4 Å². The smallest absolute Gasteiger partial charge is 0.261 e. The van der Waals surface area contributed by atoms with E-state index in [1.807, 2.05) is 23.8 Å². The molecule has 2 N–H and O–H groups in total. The topological polar surface area (TPSA) is 97.2 Å². The first-order valence-electron chi connectivity index (χ1n) is 8.58. The van der Waals surface area contributed by atoms with Crippen molar-refractivity contribution in [1.29, 1.82) is 0 Å². The van der Waals surface area contributed by atoms with Crippen molar-refractivity contribution in [2.24, 2.45) is 0 Å². The van der Waals surface area contributed by atoms with E-state index in [9.17, 15) is 4.79 Å². The van der Waals surface area contributed by atoms with Crippen molar-refractivity contribution in [3.8, 4) is 22.3 Å². The predicted octanol–water partition coefficient (Wildman–Crippen LogP) is 2.37. The minimum Gasteiger partial charge on any atom is -0.379 e. The molecular weight excluding hydrogens is 364 g/mol. The van der Waals surface area contributed by atoms with Crippen molar-refractivity contribution in [3.63, 3.8) is 0 Å². The molecule has 1 aliphatic rings. The SMILES string of the molecule is O=C(NC1CCOC1)c1cc(-c2cnn3cc(-c4cn[nH]c4)cnc23)cs1. The Hall–Kier alpha value is -3.04. The Bertz CT molecular complexity index is 1090. The summed E-state index contributed by atoms with van der Waals surface area (Å²) in [5, 5.41) is 16.1. The summed E-state index contributed by atoms with van der Waals surface area (Å²) in [5.74, 6) is -0.0616. The highest BCUT2D eigenvalue weighted by Crippen LogP contribution is 2.29. The minimum atomic E-state index is -0.0616. The number of aromatic amines is 1. The second-order valence-electron chi connectivity index (χ2n) is 6.39. The molecule has 0 radical (unpaired) electrons. The molecule has 0 spiro atoms. The molecule has 8 nitrogen and oxygen atoms in total. The number of nitrogens with one attached hydrogen (secondary N) is 2. The second-order valence-corrected chi connectivity index (χ2v) is 7.30. The number of carbonyl (C=O) groups excluding carboxylic acids is 1. The maximum Gasteiger partial charge on any atom is 0.261 e. The zero-order valence-corrected chi connectivity index (χ0v) is 15.1. The number of carbonyl (C=O) groups is 1. The number of hydrogen-bond acceptors (Lipinski definition) is 6. The highest BCUT2D eigenvalue weighted by atomic mass is 32.1. The third-order valence-corrected chi connectivity index (χ3v) is 5.52. The quantitative estimate of drug-likeness (QED) is 0.566. The van der Waals surface area contributed by atoms with Crippen LogP contribution in [0.5, 0.6) is 0 Å². The lowest BCUT2D eigenvalue weighted by atomic mass is 10.1. The molecule has 1 aliphatic heterocycles. The van der Waals surface area contributed by atoms with Gasteiger partial charge >= 0.3 is 0 Å². The highest BCUT2D eigenvalue weighted by molar-refractivity contribution is 7.12. The Morgan fingerprint density at radius 3 is 3.07 bits per heavy atom. The molecule has 0 aliphatic carbocycles. The molecule has 0 bridgehead atoms. The number of nitrogens with zero attached hydrogens (tertiary/aromatic N) is 4. The fraction of sp³-hybridized carbons (Fsp3) is 0.222. The maximum atomic E-state index is 12.4. The Balaban J connectivity index is 1.42. The van der Waals surface area contributed by atoms with E-state index in [-0.39, 0.29) is 11.9 Å². The van der Waals surface area contributed by atoms with Crippen LogP contribution < -0.4 is 5.32 Å². The summed E-state index contributed by atoms with van der Waals surface area (Å²) in [7, 11) is 0. The predicted molar refractivity (Wildman–Crippen MR) is 101 cm³/mol. The van der Waals surface area contributed by atoms with Gasteiger partial charge in [-0.3, -0.25) is 9.89 Å². The molecule has 5 heterocycles. The Labute approximate surface area is 158 Å². The summed E-state index contributed by atoms with van der Waals surface area (Å²) in [6, 6.07) is 1.99. The van der Waals surface area contributed by atoms with Crippen molar-refractivity contribution in [2.45, 2.75) is 12.5 Å². The molecule has 0 aromatic carbocycles. The van der Waals surface area contributed by atoms with E-state index in [4.69, 9.17) is 4.74 Å². The van der Waals surface area contributed by atoms with Crippen LogP contribution in [0.3, 0.4) is 0 Å². The van der Waals surface area contributed by atoms with E-state index in [1.54, 1.807) is 23.1 Å². The van der Waals surface area contributed by atoms with Crippen molar-refractivity contribution in [3.05, 3.63) is 47.3 Å². The molecule has 1 atom stereocenters. The van der Waals surface area contributed by atoms with Gasteiger partial charge in [0.05, 0.1) is 29.9 Å². The van der Waals surface area contributed by atoms with Crippen molar-refractivity contribution in [2.75, 3.05) is 13.2 Å². The lowest BCUT2D eigenvalue weighted by molar-refractivity contribution is 0.0934. The Kier molecular flexibility index (Phi) is 3.95. The fourth-order valence-electron chi connectivity index (χ4n) is 3.14. The number of amides is 1. The van der Waals surface area contributed by atoms with Gasteiger partial charge in [0, 0.05) is 41.9 Å². The molecule has 4 aromatic rings. The number of hydrogen-bond donors (Lipinski definition) is 2. The van der Waals surface area contributed by atoms with Crippen LogP contribution in [0.4, 0.5) is 0 Å². The van der Waals surface area contributed by atoms with E-state index in [0.29, 0.717) is 18.1 Å². The van der Waals surface area contributed by atoms with E-state index in [1.165, 1.54) is 11.3 Å². The van der Waals surface area contributed by atoms with E-state index in [2.05, 4.69) is 25.6 Å². The van der Waals surface area contributed by atoms with E-state index >= 15 is 0 Å². The lowest BCUT2D eigenvalue weighted by Crippen LogP contribution is -2.34. The number of ether oxygens (including phenoxy) is 1. The number of fused-ring (bicyclic) bond motifs is 1. The van der Waals surface area contributed by atoms with Gasteiger partial charge in [-0.05, 0) is 23.4 Å². The molecule has 1 saturated heterocycles. The average Bonchev–Trinajstić information content (AvgIpc) is 3.47. The molecule has 9 heteroatoms. The molecule has 5 rings (SSSR count). The van der Waals surface area contributed by atoms with Crippen LogP contribution in [0.25, 0.3) is 27.9 Å². The van der Waals surface area contributed by atoms with Gasteiger partial charge in [0.1, 0.15) is 0 Å². The largest absolute Gasteiger partial charge is 0.379 e. The van der Waals surface area contributed by atoms with Crippen LogP contribution in [0.2, 0.25) is 0 Å². The van der Waals surface area contributed by atoms with Gasteiger partial charge in [0.15, 0.2) is 5.65 Å². The summed E-state index contributed by atoms with van der Waals surface area (Å²) in [4.78, 5) is 17.7. The van der Waals surface area contributed by atoms with Crippen LogP contribution >= 0.6 is 11.3 Å². The zero-order valence-electron chi connectivity index (χ0n) is 14.3. The van der Waals surface area contributed by atoms with Gasteiger partial charge in [-0.2, -0.15) is 10.2 Å². The molecule has 1 fully saturated rings. The third kappa shape index (κ3) is 3.00. The standard InChI is InChI=1S/C18H16N6O2S/c25-18(23-14-1-2-26-9-14)16-3-11(10-27-16)15-7-22-24-8-13(4-19-17(15)24)12-5-20-21-6-12/h3-8,10,14H,1-2,9H2,(H,20,21)(H,23,25). The highest BCUT2D eigenvalue weighted by Gasteiger charge is 2.20. The lowest BCUT2D eigenvalue weighted by Gasteiger charge is -2.08. The third-order valence-electron chi connectivity index (χ3n) is 4.59. The Morgan fingerprint density at radius 1 is 1.30 bits per heavy atom. The van der Waals surface area contributed by atoms with Gasteiger partial charge in [-0.15, -0.1) is 11.3 Å². The van der Waals surface area contributed by atoms with Gasteiger partial charge < -0.3 is 10.1 Å². The number of H-pyrrole nitrogens is 1. The monoisotopic (exact) mass is 380 g/mol. The first-order valence-corrected chi connectivity index (χ1v) is 9.46. The van der Waals surface area contributed by atoms with Crippen LogP contribution in [-0.2, 0) is 4.74 Å². The first-order chi connectivity index (χ1) is 13.3. The van der Waals surface area contributed by atoms with Crippen molar-refractivity contribution < 1.29 is 9.53 Å². The fourth-order valence-corrected chi connectivity index (χ4v) is 3.95. The Morgan fingerprint density at radius 2 is 2.26 bits per heavy atom. The summed E-state index contributed by atoms with van der Waals surface area (Å²) in [5.41, 5.74) is 4.46. The average molecular weight is 380 g/mol. The molecular formula is C18H16N6O2S. The molecule has 27 heavy (non-hydrogen) atoms. The van der Waals surface area contributed by atoms with E-state index < -0.39 is 0 Å². The molecule has 4 aromatic heterocycles. The van der Waals surface area contributed by atoms with Crippen LogP contribution in [0, 0.1) is 0 Å². The molecule has 136 valence electrons. The summed E-state index contributed by atoms with van der Waals surface area (Å²) < 4.78 is 7.05. The van der Waals surface area contributed by atoms with Gasteiger partial charge in [-0.1, -0.05) is 0 Å². The van der Waals surface area contributed by atoms with Gasteiger partial charge in [0.25, 0.3) is 5.91 Å². The number of rotatable bonds is 4. The normalized spacial score (nSPS) is 16.8. The number of thiophene rings is 1. The van der Waals surface area contributed by atoms with E-state index in [0.717, 1.165) is 34.3 Å². The molecule has 1 unspecified atom stereocenters. The van der Waals surface area contributed by atoms with Crippen molar-refractivity contribution in [1.82, 2.24) is 30.1 Å². The summed E-state index contributed by atoms with van der Waals surface area (Å²) in [6.07, 6.45) is 9.90. The van der Waals surface area contributed by atoms with Crippen LogP contribution in [-0.4, -0.2) is 50.0 Å². The van der Waals surface area contributed by atoms with Crippen LogP contribution in [0.1, 0.15) is 16.1 Å². The van der Waals surface area contributed by atoms with Gasteiger partial charge in [0.2, 0.25) is 0 Å². The summed E-state index contributed by atoms with van der Waals surface area (Å²) >= 11 is 1.42. The minimum absolute atomic E-state index is 0.0616. The molecule has 0 saturated carbocycles. The first kappa shape index (κ1) is 16.2. The second kappa shape index (κ2) is 6.60.